The molecule has 3 N–H and O–H groups in total. The number of thiazole rings is 1. The van der Waals surface area contributed by atoms with Gasteiger partial charge in [-0.1, -0.05) is 6.07 Å². The molecule has 1 saturated heterocycles. The van der Waals surface area contributed by atoms with Crippen molar-refractivity contribution >= 4 is 39.7 Å². The first-order valence-corrected chi connectivity index (χ1v) is 11.1. The largest absolute Gasteiger partial charge is 0.497 e. The molecule has 10 heteroatoms. The molecule has 0 bridgehead atoms. The molecule has 0 unspecified atom stereocenters. The lowest BCUT2D eigenvalue weighted by Crippen LogP contribution is -2.27. The van der Waals surface area contributed by atoms with Crippen molar-refractivity contribution in [2.75, 3.05) is 35.3 Å². The normalized spacial score (nSPS) is 17.6. The Hall–Kier alpha value is -3.50. The number of ether oxygens (including phenoxy) is 1. The molecule has 0 spiro atoms. The molecule has 32 heavy (non-hydrogen) atoms. The molecular weight excluding hydrogens is 428 g/mol. The lowest BCUT2D eigenvalue weighted by molar-refractivity contribution is 0.0991. The van der Waals surface area contributed by atoms with Crippen molar-refractivity contribution in [2.24, 2.45) is 5.73 Å². The summed E-state index contributed by atoms with van der Waals surface area (Å²) >= 11 is 1.26. The average molecular weight is 451 g/mol. The van der Waals surface area contributed by atoms with E-state index < -0.39 is 0 Å². The number of carbonyl (C=O) groups is 2. The Morgan fingerprint density at radius 1 is 1.34 bits per heavy atom. The fraction of sp³-hybridized carbons (Fsp3) is 0.273. The molecule has 3 aromatic rings. The van der Waals surface area contributed by atoms with Crippen LogP contribution in [0.4, 0.5) is 16.5 Å². The summed E-state index contributed by atoms with van der Waals surface area (Å²) in [6.45, 7) is 1.97. The van der Waals surface area contributed by atoms with Gasteiger partial charge < -0.3 is 20.7 Å². The molecule has 164 valence electrons. The molecule has 0 saturated carbocycles. The van der Waals surface area contributed by atoms with Gasteiger partial charge in [0.1, 0.15) is 11.4 Å². The summed E-state index contributed by atoms with van der Waals surface area (Å²) in [5.41, 5.74) is 9.27. The van der Waals surface area contributed by atoms with Crippen LogP contribution in [0.15, 0.2) is 42.0 Å². The van der Waals surface area contributed by atoms with Gasteiger partial charge in [-0.05, 0) is 30.2 Å². The van der Waals surface area contributed by atoms with Gasteiger partial charge in [0.05, 0.1) is 31.2 Å². The van der Waals surface area contributed by atoms with Gasteiger partial charge in [0, 0.05) is 36.3 Å². The van der Waals surface area contributed by atoms with E-state index in [1.807, 2.05) is 18.2 Å². The summed E-state index contributed by atoms with van der Waals surface area (Å²) in [5, 5.41) is 5.04. The maximum atomic E-state index is 12.9. The number of nitrogens with two attached hydrogens (primary N) is 1. The lowest BCUT2D eigenvalue weighted by Gasteiger charge is -2.21. The smallest absolute Gasteiger partial charge is 0.275 e. The zero-order valence-electron chi connectivity index (χ0n) is 17.4. The second-order valence-electron chi connectivity index (χ2n) is 7.77. The molecule has 2 aliphatic rings. The highest BCUT2D eigenvalue weighted by Crippen LogP contribution is 2.33. The van der Waals surface area contributed by atoms with Gasteiger partial charge in [0.2, 0.25) is 0 Å². The minimum absolute atomic E-state index is 0.120. The maximum Gasteiger partial charge on any atom is 0.275 e. The number of rotatable bonds is 5. The van der Waals surface area contributed by atoms with Gasteiger partial charge in [-0.25, -0.2) is 4.98 Å². The number of aromatic nitrogens is 2. The molecule has 1 atom stereocenters. The third kappa shape index (κ3) is 3.67. The highest BCUT2D eigenvalue weighted by atomic mass is 32.1. The highest BCUT2D eigenvalue weighted by Gasteiger charge is 2.31. The number of hydrogen-bond acceptors (Lipinski definition) is 8. The highest BCUT2D eigenvalue weighted by molar-refractivity contribution is 7.14. The Morgan fingerprint density at radius 2 is 2.22 bits per heavy atom. The van der Waals surface area contributed by atoms with E-state index in [2.05, 4.69) is 20.2 Å². The Morgan fingerprint density at radius 3 is 3.00 bits per heavy atom. The standard InChI is InChI=1S/C22H22N6O3S/c1-31-15-3-2-13-10-28(21(30)16(13)8-15)22-26-18(12-32-22)20(29)25-17-9-24-6-4-19(17)27-7-5-14(23)11-27/h2-4,6,8-9,12,14H,5,7,10-11,23H2,1H3,(H,25,29)/t14-/m1/s1. The Labute approximate surface area is 188 Å². The van der Waals surface area contributed by atoms with Gasteiger partial charge in [0.15, 0.2) is 5.13 Å². The van der Waals surface area contributed by atoms with Crippen LogP contribution >= 0.6 is 11.3 Å². The van der Waals surface area contributed by atoms with E-state index >= 15 is 0 Å². The first-order valence-electron chi connectivity index (χ1n) is 10.2. The van der Waals surface area contributed by atoms with E-state index in [4.69, 9.17) is 10.5 Å². The average Bonchev–Trinajstić information content (AvgIpc) is 3.53. The molecule has 2 aromatic heterocycles. The summed E-state index contributed by atoms with van der Waals surface area (Å²) < 4.78 is 5.22. The molecule has 0 aliphatic carbocycles. The molecule has 4 heterocycles. The first kappa shape index (κ1) is 20.4. The Kier molecular flexibility index (Phi) is 5.24. The van der Waals surface area contributed by atoms with Crippen LogP contribution in [-0.2, 0) is 6.54 Å². The van der Waals surface area contributed by atoms with Gasteiger partial charge in [0.25, 0.3) is 11.8 Å². The Bertz CT molecular complexity index is 1200. The van der Waals surface area contributed by atoms with E-state index in [1.165, 1.54) is 11.3 Å². The van der Waals surface area contributed by atoms with Crippen molar-refractivity contribution < 1.29 is 14.3 Å². The van der Waals surface area contributed by atoms with Crippen LogP contribution in [0.3, 0.4) is 0 Å². The molecule has 1 fully saturated rings. The van der Waals surface area contributed by atoms with Gasteiger partial charge >= 0.3 is 0 Å². The number of carbonyl (C=O) groups excluding carboxylic acids is 2. The van der Waals surface area contributed by atoms with Crippen molar-refractivity contribution in [1.82, 2.24) is 9.97 Å². The summed E-state index contributed by atoms with van der Waals surface area (Å²) in [6, 6.07) is 7.42. The van der Waals surface area contributed by atoms with Crippen LogP contribution in [0.1, 0.15) is 32.8 Å². The number of fused-ring (bicyclic) bond motifs is 1. The zero-order valence-corrected chi connectivity index (χ0v) is 18.3. The molecule has 1 aromatic carbocycles. The molecule has 2 aliphatic heterocycles. The predicted molar refractivity (Wildman–Crippen MR) is 123 cm³/mol. The fourth-order valence-corrected chi connectivity index (χ4v) is 4.81. The van der Waals surface area contributed by atoms with Crippen LogP contribution in [0, 0.1) is 0 Å². The van der Waals surface area contributed by atoms with E-state index in [0.717, 1.165) is 30.8 Å². The predicted octanol–water partition coefficient (Wildman–Crippen LogP) is 2.50. The number of pyridine rings is 1. The minimum Gasteiger partial charge on any atom is -0.497 e. The van der Waals surface area contributed by atoms with Crippen LogP contribution in [-0.4, -0.2) is 48.0 Å². The second-order valence-corrected chi connectivity index (χ2v) is 8.61. The number of amides is 2. The quantitative estimate of drug-likeness (QED) is 0.614. The van der Waals surface area contributed by atoms with Gasteiger partial charge in [-0.15, -0.1) is 11.3 Å². The molecule has 5 rings (SSSR count). The summed E-state index contributed by atoms with van der Waals surface area (Å²) in [4.78, 5) is 38.1. The number of nitrogens with one attached hydrogen (secondary N) is 1. The van der Waals surface area contributed by atoms with Crippen molar-refractivity contribution in [1.29, 1.82) is 0 Å². The van der Waals surface area contributed by atoms with Crippen molar-refractivity contribution in [2.45, 2.75) is 19.0 Å². The number of methoxy groups -OCH3 is 1. The Balaban J connectivity index is 1.33. The third-order valence-electron chi connectivity index (χ3n) is 5.69. The minimum atomic E-state index is -0.351. The lowest BCUT2D eigenvalue weighted by atomic mass is 10.1. The van der Waals surface area contributed by atoms with Crippen molar-refractivity contribution in [3.05, 3.63) is 58.9 Å². The fourth-order valence-electron chi connectivity index (χ4n) is 4.01. The van der Waals surface area contributed by atoms with Crippen molar-refractivity contribution in [3.63, 3.8) is 0 Å². The SMILES string of the molecule is COc1ccc2c(c1)C(=O)N(c1nc(C(=O)Nc3cnccc3N3CC[C@@H](N)C3)cs1)C2. The number of hydrogen-bond donors (Lipinski definition) is 2. The number of nitrogens with zero attached hydrogens (tertiary/aromatic N) is 4. The van der Waals surface area contributed by atoms with E-state index in [1.54, 1.807) is 35.8 Å². The van der Waals surface area contributed by atoms with Crippen LogP contribution < -0.4 is 25.6 Å². The van der Waals surface area contributed by atoms with E-state index in [-0.39, 0.29) is 23.6 Å². The summed E-state index contributed by atoms with van der Waals surface area (Å²) in [7, 11) is 1.57. The zero-order chi connectivity index (χ0) is 22.2. The maximum absolute atomic E-state index is 12.9. The van der Waals surface area contributed by atoms with Crippen molar-refractivity contribution in [3.8, 4) is 5.75 Å². The third-order valence-corrected chi connectivity index (χ3v) is 6.55. The molecule has 9 nitrogen and oxygen atoms in total. The molecule has 2 amide bonds. The number of anilines is 3. The number of benzene rings is 1. The summed E-state index contributed by atoms with van der Waals surface area (Å²) in [5.74, 6) is 0.126. The van der Waals surface area contributed by atoms with Crippen LogP contribution in [0.5, 0.6) is 5.75 Å². The van der Waals surface area contributed by atoms with E-state index in [9.17, 15) is 9.59 Å². The summed E-state index contributed by atoms with van der Waals surface area (Å²) in [6.07, 6.45) is 4.23. The monoisotopic (exact) mass is 450 g/mol. The first-order chi connectivity index (χ1) is 15.5. The van der Waals surface area contributed by atoms with Crippen LogP contribution in [0.2, 0.25) is 0 Å². The van der Waals surface area contributed by atoms with Crippen LogP contribution in [0.25, 0.3) is 0 Å². The van der Waals surface area contributed by atoms with Gasteiger partial charge in [-0.3, -0.25) is 19.5 Å². The molecule has 0 radical (unpaired) electrons. The van der Waals surface area contributed by atoms with E-state index in [0.29, 0.717) is 28.7 Å². The van der Waals surface area contributed by atoms with Gasteiger partial charge in [-0.2, -0.15) is 0 Å². The molecular formula is C22H22N6O3S. The second kappa shape index (κ2) is 8.21. The topological polar surface area (TPSA) is 114 Å².